The Morgan fingerprint density at radius 3 is 2.19 bits per heavy atom. The first-order valence-electron chi connectivity index (χ1n) is 5.57. The van der Waals surface area contributed by atoms with Crippen LogP contribution in [0.2, 0.25) is 0 Å². The van der Waals surface area contributed by atoms with Gasteiger partial charge in [-0.25, -0.2) is 0 Å². The van der Waals surface area contributed by atoms with Crippen molar-refractivity contribution in [1.29, 1.82) is 0 Å². The second-order valence-electron chi connectivity index (χ2n) is 5.35. The van der Waals surface area contributed by atoms with Gasteiger partial charge in [0.05, 0.1) is 6.54 Å². The third kappa shape index (κ3) is 1.83. The van der Waals surface area contributed by atoms with Crippen LogP contribution in [0.4, 0.5) is 5.69 Å². The Bertz CT molecular complexity index is 403. The van der Waals surface area contributed by atoms with Gasteiger partial charge in [0.15, 0.2) is 0 Å². The quantitative estimate of drug-likeness (QED) is 0.729. The summed E-state index contributed by atoms with van der Waals surface area (Å²) >= 11 is 0. The van der Waals surface area contributed by atoms with Gasteiger partial charge in [0.25, 0.3) is 0 Å². The van der Waals surface area contributed by atoms with E-state index < -0.39 is 0 Å². The normalized spacial score (nSPS) is 20.9. The minimum Gasteiger partial charge on any atom is -0.318 e. The number of benzene rings is 1. The van der Waals surface area contributed by atoms with Crippen LogP contribution >= 0.6 is 0 Å². The van der Waals surface area contributed by atoms with Crippen molar-refractivity contribution < 1.29 is 4.79 Å². The molecule has 0 spiro atoms. The molecule has 0 bridgehead atoms. The van der Waals surface area contributed by atoms with Crippen LogP contribution < -0.4 is 10.6 Å². The zero-order valence-electron chi connectivity index (χ0n) is 10.0. The molecule has 1 fully saturated rings. The lowest BCUT2D eigenvalue weighted by Crippen LogP contribution is -2.61. The first-order chi connectivity index (χ1) is 7.39. The second kappa shape index (κ2) is 3.59. The molecule has 0 aromatic heterocycles. The molecule has 2 N–H and O–H groups in total. The van der Waals surface area contributed by atoms with Gasteiger partial charge in [-0.2, -0.15) is 0 Å². The monoisotopic (exact) mass is 218 g/mol. The molecule has 3 nitrogen and oxygen atoms in total. The zero-order chi connectivity index (χ0) is 11.9. The second-order valence-corrected chi connectivity index (χ2v) is 5.35. The number of carbonyl (C=O) groups excluding carboxylic acids is 1. The summed E-state index contributed by atoms with van der Waals surface area (Å²) in [5.74, 6) is 0.0171. The first-order valence-corrected chi connectivity index (χ1v) is 5.57. The van der Waals surface area contributed by atoms with E-state index in [0.717, 1.165) is 5.69 Å². The van der Waals surface area contributed by atoms with Crippen LogP contribution in [0.3, 0.4) is 0 Å². The molecule has 1 saturated heterocycles. The molecule has 0 radical (unpaired) electrons. The van der Waals surface area contributed by atoms with E-state index >= 15 is 0 Å². The van der Waals surface area contributed by atoms with Gasteiger partial charge in [-0.1, -0.05) is 32.9 Å². The van der Waals surface area contributed by atoms with Gasteiger partial charge in [-0.05, 0) is 23.1 Å². The molecule has 1 aromatic carbocycles. The van der Waals surface area contributed by atoms with Crippen molar-refractivity contribution in [3.63, 3.8) is 0 Å². The zero-order valence-corrected chi connectivity index (χ0v) is 10.0. The lowest BCUT2D eigenvalue weighted by atomic mass is 9.87. The van der Waals surface area contributed by atoms with E-state index in [9.17, 15) is 4.79 Å². The fraction of sp³-hybridized carbons (Fsp3) is 0.462. The Kier molecular flexibility index (Phi) is 2.50. The van der Waals surface area contributed by atoms with Gasteiger partial charge < -0.3 is 10.6 Å². The Balaban J connectivity index is 2.18. The molecule has 1 aromatic rings. The summed E-state index contributed by atoms with van der Waals surface area (Å²) in [4.78, 5) is 13.2. The number of carbonyl (C=O) groups is 1. The van der Waals surface area contributed by atoms with E-state index in [1.807, 2.05) is 12.1 Å². The molecule has 1 aliphatic heterocycles. The fourth-order valence-corrected chi connectivity index (χ4v) is 1.83. The third-order valence-electron chi connectivity index (χ3n) is 3.01. The molecule has 2 rings (SSSR count). The summed E-state index contributed by atoms with van der Waals surface area (Å²) in [5, 5.41) is 0. The molecule has 1 heterocycles. The van der Waals surface area contributed by atoms with Gasteiger partial charge in [0.1, 0.15) is 6.04 Å². The number of anilines is 1. The van der Waals surface area contributed by atoms with Crippen molar-refractivity contribution >= 4 is 11.6 Å². The SMILES string of the molecule is CC(C)(C)c1ccc(N2CC(N)C2=O)cc1. The Hall–Kier alpha value is -1.35. The van der Waals surface area contributed by atoms with E-state index in [4.69, 9.17) is 5.73 Å². The third-order valence-corrected chi connectivity index (χ3v) is 3.01. The molecular weight excluding hydrogens is 200 g/mol. The van der Waals surface area contributed by atoms with Crippen LogP contribution in [-0.4, -0.2) is 18.5 Å². The van der Waals surface area contributed by atoms with E-state index in [0.29, 0.717) is 6.54 Å². The van der Waals surface area contributed by atoms with Gasteiger partial charge >= 0.3 is 0 Å². The maximum Gasteiger partial charge on any atom is 0.245 e. The molecule has 0 aliphatic carbocycles. The predicted molar refractivity (Wildman–Crippen MR) is 65.5 cm³/mol. The smallest absolute Gasteiger partial charge is 0.245 e. The number of amides is 1. The van der Waals surface area contributed by atoms with Gasteiger partial charge in [-0.3, -0.25) is 4.79 Å². The Morgan fingerprint density at radius 1 is 1.25 bits per heavy atom. The number of rotatable bonds is 1. The lowest BCUT2D eigenvalue weighted by molar-refractivity contribution is -0.123. The van der Waals surface area contributed by atoms with Crippen molar-refractivity contribution in [2.24, 2.45) is 5.73 Å². The molecule has 1 atom stereocenters. The number of hydrogen-bond acceptors (Lipinski definition) is 2. The summed E-state index contributed by atoms with van der Waals surface area (Å²) in [6, 6.07) is 7.83. The van der Waals surface area contributed by atoms with Gasteiger partial charge in [0.2, 0.25) is 5.91 Å². The molecule has 1 amide bonds. The Morgan fingerprint density at radius 2 is 1.81 bits per heavy atom. The first kappa shape index (κ1) is 11.1. The molecule has 1 aliphatic rings. The van der Waals surface area contributed by atoms with E-state index in [2.05, 4.69) is 32.9 Å². The van der Waals surface area contributed by atoms with Crippen LogP contribution in [0.15, 0.2) is 24.3 Å². The highest BCUT2D eigenvalue weighted by Crippen LogP contribution is 2.26. The Labute approximate surface area is 96.2 Å². The predicted octanol–water partition coefficient (Wildman–Crippen LogP) is 1.66. The minimum absolute atomic E-state index is 0.0171. The highest BCUT2D eigenvalue weighted by molar-refractivity contribution is 6.03. The molecular formula is C13H18N2O. The minimum atomic E-state index is -0.303. The van der Waals surface area contributed by atoms with Crippen molar-refractivity contribution in [3.8, 4) is 0 Å². The topological polar surface area (TPSA) is 46.3 Å². The average Bonchev–Trinajstić information content (AvgIpc) is 2.24. The lowest BCUT2D eigenvalue weighted by Gasteiger charge is -2.36. The fourth-order valence-electron chi connectivity index (χ4n) is 1.83. The van der Waals surface area contributed by atoms with E-state index in [1.165, 1.54) is 5.56 Å². The molecule has 1 unspecified atom stereocenters. The summed E-state index contributed by atoms with van der Waals surface area (Å²) in [5.41, 5.74) is 7.92. The highest BCUT2D eigenvalue weighted by atomic mass is 16.2. The van der Waals surface area contributed by atoms with Crippen LogP contribution in [-0.2, 0) is 10.2 Å². The van der Waals surface area contributed by atoms with Crippen LogP contribution in [0.25, 0.3) is 0 Å². The van der Waals surface area contributed by atoms with Crippen LogP contribution in [0.5, 0.6) is 0 Å². The summed E-state index contributed by atoms with van der Waals surface area (Å²) in [6.45, 7) is 7.15. The summed E-state index contributed by atoms with van der Waals surface area (Å²) in [7, 11) is 0. The standard InChI is InChI=1S/C13H18N2O/c1-13(2,3)9-4-6-10(7-5-9)15-8-11(14)12(15)16/h4-7,11H,8,14H2,1-3H3. The van der Waals surface area contributed by atoms with Crippen molar-refractivity contribution in [2.45, 2.75) is 32.2 Å². The number of β-lactam (4-membered cyclic amide) rings is 1. The van der Waals surface area contributed by atoms with E-state index in [1.54, 1.807) is 4.90 Å². The number of hydrogen-bond donors (Lipinski definition) is 1. The largest absolute Gasteiger partial charge is 0.318 e. The van der Waals surface area contributed by atoms with Gasteiger partial charge in [-0.15, -0.1) is 0 Å². The van der Waals surface area contributed by atoms with Crippen molar-refractivity contribution in [2.75, 3.05) is 11.4 Å². The number of nitrogens with two attached hydrogens (primary N) is 1. The maximum absolute atomic E-state index is 11.4. The number of nitrogens with zero attached hydrogens (tertiary/aromatic N) is 1. The summed E-state index contributed by atoms with van der Waals surface area (Å²) in [6.07, 6.45) is 0. The maximum atomic E-state index is 11.4. The summed E-state index contributed by atoms with van der Waals surface area (Å²) < 4.78 is 0. The molecule has 86 valence electrons. The van der Waals surface area contributed by atoms with Crippen molar-refractivity contribution in [1.82, 2.24) is 0 Å². The van der Waals surface area contributed by atoms with E-state index in [-0.39, 0.29) is 17.4 Å². The highest BCUT2D eigenvalue weighted by Gasteiger charge is 2.34. The van der Waals surface area contributed by atoms with Crippen LogP contribution in [0, 0.1) is 0 Å². The van der Waals surface area contributed by atoms with Gasteiger partial charge in [0, 0.05) is 5.69 Å². The molecule has 16 heavy (non-hydrogen) atoms. The van der Waals surface area contributed by atoms with Crippen LogP contribution in [0.1, 0.15) is 26.3 Å². The molecule has 3 heteroatoms. The van der Waals surface area contributed by atoms with Crippen molar-refractivity contribution in [3.05, 3.63) is 29.8 Å². The average molecular weight is 218 g/mol. The molecule has 0 saturated carbocycles.